The molecule has 336 valence electrons. The Kier molecular flexibility index (Phi) is 8.94. The fourth-order valence-corrected chi connectivity index (χ4v) is 14.4. The second-order valence-electron chi connectivity index (χ2n) is 24.5. The molecule has 0 N–H and O–H groups in total. The van der Waals surface area contributed by atoms with Crippen LogP contribution in [-0.4, -0.2) is 6.71 Å². The first-order chi connectivity index (χ1) is 31.6. The molecule has 12 rings (SSSR count). The first-order valence-corrected chi connectivity index (χ1v) is 25.7. The Morgan fingerprint density at radius 3 is 1.69 bits per heavy atom. The van der Waals surface area contributed by atoms with Crippen molar-refractivity contribution in [1.29, 1.82) is 0 Å². The number of para-hydroxylation sites is 1. The van der Waals surface area contributed by atoms with Gasteiger partial charge in [-0.25, -0.2) is 0 Å². The summed E-state index contributed by atoms with van der Waals surface area (Å²) in [4.78, 5) is 5.39. The van der Waals surface area contributed by atoms with E-state index in [1.807, 2.05) is 11.3 Å². The topological polar surface area (TPSA) is 6.48 Å². The molecule has 0 unspecified atom stereocenters. The van der Waals surface area contributed by atoms with E-state index >= 15 is 0 Å². The smallest absolute Gasteiger partial charge is 0.252 e. The van der Waals surface area contributed by atoms with Crippen LogP contribution in [0.5, 0.6) is 0 Å². The molecule has 7 aromatic carbocycles. The molecule has 0 fully saturated rings. The first kappa shape index (κ1) is 42.8. The fraction of sp³-hybridized carbons (Fsp3) is 0.333. The van der Waals surface area contributed by atoms with Crippen molar-refractivity contribution in [3.8, 4) is 11.1 Å². The summed E-state index contributed by atoms with van der Waals surface area (Å²) < 4.78 is 2.71. The lowest BCUT2D eigenvalue weighted by Gasteiger charge is -2.47. The van der Waals surface area contributed by atoms with Crippen LogP contribution in [0.15, 0.2) is 121 Å². The predicted molar refractivity (Wildman–Crippen MR) is 293 cm³/mol. The highest BCUT2D eigenvalue weighted by Crippen LogP contribution is 2.55. The molecule has 0 bridgehead atoms. The minimum absolute atomic E-state index is 0.0224. The third kappa shape index (κ3) is 6.27. The Morgan fingerprint density at radius 2 is 1.01 bits per heavy atom. The number of aryl methyl sites for hydroxylation is 2. The molecule has 0 atom stereocenters. The van der Waals surface area contributed by atoms with Gasteiger partial charge in [-0.2, -0.15) is 0 Å². The lowest BCUT2D eigenvalue weighted by molar-refractivity contribution is 0.332. The molecule has 2 nitrogen and oxygen atoms in total. The highest BCUT2D eigenvalue weighted by Gasteiger charge is 2.49. The number of fused-ring (bicyclic) bond motifs is 9. The molecular weight excluding hydrogens is 828 g/mol. The van der Waals surface area contributed by atoms with E-state index in [1.54, 1.807) is 0 Å². The zero-order valence-corrected chi connectivity index (χ0v) is 42.9. The van der Waals surface area contributed by atoms with Gasteiger partial charge in [0.1, 0.15) is 0 Å². The largest absolute Gasteiger partial charge is 0.311 e. The normalized spacial score (nSPS) is 18.1. The molecule has 3 heterocycles. The van der Waals surface area contributed by atoms with Crippen LogP contribution in [0.1, 0.15) is 134 Å². The number of anilines is 6. The Labute approximate surface area is 404 Å². The van der Waals surface area contributed by atoms with Crippen molar-refractivity contribution in [2.75, 3.05) is 9.80 Å². The standard InChI is InChI=1S/C63H65BN2S/c1-37-19-17-18-22-50(37)65-52-31-43-42-30-41(59(3,4)5)23-24-56(42)67-57(43)35-49(52)64-48-32-45-47(63(12,13)36-62(45,10)11)34-53(48)66(55-29-40(28-54(65)58(55)64)39-20-15-14-16-21-39)51-33-46-44(27-38(51)2)60(6,7)25-26-61(46,8)9/h14-24,27-35H,25-26,36H2,1-13H3. The zero-order valence-electron chi connectivity index (χ0n) is 42.0. The minimum Gasteiger partial charge on any atom is -0.311 e. The van der Waals surface area contributed by atoms with Crippen molar-refractivity contribution >= 4 is 88.7 Å². The maximum Gasteiger partial charge on any atom is 0.252 e. The van der Waals surface area contributed by atoms with E-state index in [9.17, 15) is 0 Å². The van der Waals surface area contributed by atoms with Gasteiger partial charge >= 0.3 is 0 Å². The van der Waals surface area contributed by atoms with Crippen LogP contribution in [0.4, 0.5) is 34.1 Å². The van der Waals surface area contributed by atoms with Gasteiger partial charge < -0.3 is 9.80 Å². The molecule has 0 radical (unpaired) electrons. The van der Waals surface area contributed by atoms with Crippen molar-refractivity contribution in [3.05, 3.63) is 160 Å². The van der Waals surface area contributed by atoms with Gasteiger partial charge in [-0.15, -0.1) is 11.3 Å². The summed E-state index contributed by atoms with van der Waals surface area (Å²) in [6.07, 6.45) is 3.50. The van der Waals surface area contributed by atoms with Crippen molar-refractivity contribution < 1.29 is 0 Å². The minimum atomic E-state index is 0.0224. The van der Waals surface area contributed by atoms with Gasteiger partial charge in [0.25, 0.3) is 6.71 Å². The average molecular weight is 893 g/mol. The monoisotopic (exact) mass is 892 g/mol. The highest BCUT2D eigenvalue weighted by atomic mass is 32.1. The summed E-state index contributed by atoms with van der Waals surface area (Å²) in [7, 11) is 0. The molecule has 4 aliphatic rings. The van der Waals surface area contributed by atoms with Crippen molar-refractivity contribution in [3.63, 3.8) is 0 Å². The molecule has 8 aromatic rings. The second kappa shape index (κ2) is 14.0. The first-order valence-electron chi connectivity index (χ1n) is 24.9. The van der Waals surface area contributed by atoms with Gasteiger partial charge in [-0.3, -0.25) is 0 Å². The van der Waals surface area contributed by atoms with Gasteiger partial charge in [-0.05, 0) is 181 Å². The number of nitrogens with zero attached hydrogens (tertiary/aromatic N) is 2. The number of rotatable bonds is 3. The molecule has 0 spiro atoms. The summed E-state index contributed by atoms with van der Waals surface area (Å²) in [5.41, 5.74) is 24.7. The zero-order chi connectivity index (χ0) is 46.9. The van der Waals surface area contributed by atoms with Gasteiger partial charge in [-0.1, -0.05) is 143 Å². The van der Waals surface area contributed by atoms with Gasteiger partial charge in [0.15, 0.2) is 0 Å². The van der Waals surface area contributed by atoms with Crippen molar-refractivity contribution in [1.82, 2.24) is 0 Å². The fourth-order valence-electron chi connectivity index (χ4n) is 13.3. The second-order valence-corrected chi connectivity index (χ2v) is 25.6. The van der Waals surface area contributed by atoms with E-state index in [1.165, 1.54) is 134 Å². The number of hydrogen-bond donors (Lipinski definition) is 0. The van der Waals surface area contributed by atoms with Crippen molar-refractivity contribution in [2.45, 2.75) is 136 Å². The quantitative estimate of drug-likeness (QED) is 0.163. The maximum absolute atomic E-state index is 2.74. The van der Waals surface area contributed by atoms with E-state index in [0.29, 0.717) is 0 Å². The molecule has 67 heavy (non-hydrogen) atoms. The van der Waals surface area contributed by atoms with Crippen LogP contribution >= 0.6 is 11.3 Å². The molecule has 0 saturated carbocycles. The van der Waals surface area contributed by atoms with Crippen LogP contribution in [0, 0.1) is 13.8 Å². The van der Waals surface area contributed by atoms with E-state index in [4.69, 9.17) is 0 Å². The van der Waals surface area contributed by atoms with Gasteiger partial charge in [0.05, 0.1) is 0 Å². The molecule has 0 saturated heterocycles. The van der Waals surface area contributed by atoms with Gasteiger partial charge in [0.2, 0.25) is 0 Å². The van der Waals surface area contributed by atoms with Crippen LogP contribution in [0.3, 0.4) is 0 Å². The SMILES string of the molecule is Cc1ccccc1N1c2cc3c(cc2B2c4cc5c(cc4N(c4cc6c(cc4C)C(C)(C)CCC6(C)C)c4cc(-c6ccccc6)cc1c42)C(C)(C)CC5(C)C)sc1ccc(C(C)(C)C)cc13. The van der Waals surface area contributed by atoms with Crippen LogP contribution in [-0.2, 0) is 27.1 Å². The van der Waals surface area contributed by atoms with E-state index in [-0.39, 0.29) is 33.8 Å². The number of thiophene rings is 1. The third-order valence-electron chi connectivity index (χ3n) is 16.9. The van der Waals surface area contributed by atoms with E-state index < -0.39 is 0 Å². The lowest BCUT2D eigenvalue weighted by atomic mass is 9.33. The predicted octanol–water partition coefficient (Wildman–Crippen LogP) is 16.0. The van der Waals surface area contributed by atoms with Crippen LogP contribution < -0.4 is 26.2 Å². The molecule has 2 aliphatic carbocycles. The number of benzene rings is 7. The summed E-state index contributed by atoms with van der Waals surface area (Å²) in [5, 5.41) is 2.70. The van der Waals surface area contributed by atoms with Crippen molar-refractivity contribution in [2.24, 2.45) is 0 Å². The maximum atomic E-state index is 2.74. The third-order valence-corrected chi connectivity index (χ3v) is 18.0. The summed E-state index contributed by atoms with van der Waals surface area (Å²) in [6.45, 7) is 31.5. The number of hydrogen-bond acceptors (Lipinski definition) is 3. The van der Waals surface area contributed by atoms with Crippen LogP contribution in [0.2, 0.25) is 0 Å². The summed E-state index contributed by atoms with van der Waals surface area (Å²) >= 11 is 1.95. The Balaban J connectivity index is 1.25. The molecular formula is C63H65BN2S. The van der Waals surface area contributed by atoms with E-state index in [0.717, 1.165) is 6.42 Å². The van der Waals surface area contributed by atoms with E-state index in [2.05, 4.69) is 221 Å². The average Bonchev–Trinajstić information content (AvgIpc) is 3.72. The van der Waals surface area contributed by atoms with Gasteiger partial charge in [0, 0.05) is 54.3 Å². The summed E-state index contributed by atoms with van der Waals surface area (Å²) in [6, 6.07) is 48.2. The Morgan fingerprint density at radius 1 is 0.463 bits per heavy atom. The Hall–Kier alpha value is -5.58. The molecule has 4 heteroatoms. The lowest BCUT2D eigenvalue weighted by Crippen LogP contribution is -2.61. The summed E-state index contributed by atoms with van der Waals surface area (Å²) in [5.74, 6) is 0. The molecule has 0 amide bonds. The van der Waals surface area contributed by atoms with Crippen LogP contribution in [0.25, 0.3) is 31.3 Å². The molecule has 2 aliphatic heterocycles. The molecule has 1 aromatic heterocycles. The highest BCUT2D eigenvalue weighted by molar-refractivity contribution is 7.26. The Bertz CT molecular complexity index is 3410.